The first kappa shape index (κ1) is 16.7. The maximum atomic E-state index is 12.4. The molecular formula is C12H16ClNO5S. The molecule has 1 aromatic carbocycles. The summed E-state index contributed by atoms with van der Waals surface area (Å²) < 4.78 is 30.7. The summed E-state index contributed by atoms with van der Waals surface area (Å²) in [6, 6.07) is 2.84. The maximum absolute atomic E-state index is 12.4. The van der Waals surface area contributed by atoms with Crippen LogP contribution in [0.15, 0.2) is 17.0 Å². The number of aliphatic carboxylic acids is 1. The smallest absolute Gasteiger partial charge is 0.304 e. The van der Waals surface area contributed by atoms with Gasteiger partial charge in [-0.05, 0) is 24.6 Å². The number of methoxy groups -OCH3 is 1. The van der Waals surface area contributed by atoms with Gasteiger partial charge in [0.1, 0.15) is 5.75 Å². The van der Waals surface area contributed by atoms with E-state index in [-0.39, 0.29) is 22.9 Å². The number of carboxylic acids is 1. The average Bonchev–Trinajstić information content (AvgIpc) is 2.37. The van der Waals surface area contributed by atoms with Gasteiger partial charge < -0.3 is 9.84 Å². The van der Waals surface area contributed by atoms with Crippen LogP contribution in [0.4, 0.5) is 0 Å². The van der Waals surface area contributed by atoms with Crippen molar-refractivity contribution in [2.24, 2.45) is 0 Å². The summed E-state index contributed by atoms with van der Waals surface area (Å²) in [6.07, 6.45) is -0.265. The molecule has 0 heterocycles. The number of nitrogens with zero attached hydrogens (tertiary/aromatic N) is 1. The predicted octanol–water partition coefficient (Wildman–Crippen LogP) is 1.75. The summed E-state index contributed by atoms with van der Waals surface area (Å²) in [5.74, 6) is -0.673. The Morgan fingerprint density at radius 2 is 2.05 bits per heavy atom. The van der Waals surface area contributed by atoms with Crippen molar-refractivity contribution in [3.63, 3.8) is 0 Å². The molecule has 20 heavy (non-hydrogen) atoms. The van der Waals surface area contributed by atoms with E-state index in [1.807, 2.05) is 0 Å². The molecule has 1 N–H and O–H groups in total. The number of hydrogen-bond acceptors (Lipinski definition) is 4. The highest BCUT2D eigenvalue weighted by Crippen LogP contribution is 2.31. The fourth-order valence-corrected chi connectivity index (χ4v) is 3.32. The number of ether oxygens (including phenoxy) is 1. The number of sulfonamides is 1. The molecule has 0 saturated carbocycles. The van der Waals surface area contributed by atoms with Crippen molar-refractivity contribution in [1.29, 1.82) is 0 Å². The lowest BCUT2D eigenvalue weighted by molar-refractivity contribution is -0.137. The first-order valence-corrected chi connectivity index (χ1v) is 7.54. The van der Waals surface area contributed by atoms with Gasteiger partial charge in [-0.2, -0.15) is 0 Å². The van der Waals surface area contributed by atoms with Gasteiger partial charge in [-0.25, -0.2) is 12.7 Å². The fourth-order valence-electron chi connectivity index (χ4n) is 1.61. The van der Waals surface area contributed by atoms with E-state index in [9.17, 15) is 13.2 Å². The third-order valence-electron chi connectivity index (χ3n) is 2.78. The van der Waals surface area contributed by atoms with Crippen LogP contribution in [0.25, 0.3) is 0 Å². The molecule has 0 unspecified atom stereocenters. The molecule has 112 valence electrons. The van der Waals surface area contributed by atoms with E-state index >= 15 is 0 Å². The summed E-state index contributed by atoms with van der Waals surface area (Å²) in [5, 5.41) is 8.79. The third-order valence-corrected chi connectivity index (χ3v) is 5.07. The Hall–Kier alpha value is -1.31. The quantitative estimate of drug-likeness (QED) is 0.863. The molecule has 0 aliphatic rings. The van der Waals surface area contributed by atoms with Crippen LogP contribution in [-0.4, -0.2) is 44.5 Å². The van der Waals surface area contributed by atoms with E-state index in [0.717, 1.165) is 4.31 Å². The molecule has 0 aliphatic carbocycles. The van der Waals surface area contributed by atoms with Gasteiger partial charge in [0.2, 0.25) is 10.0 Å². The number of carboxylic acid groups (broad SMARTS) is 1. The van der Waals surface area contributed by atoms with Gasteiger partial charge in [0.15, 0.2) is 0 Å². The lowest BCUT2D eigenvalue weighted by Gasteiger charge is -2.18. The van der Waals surface area contributed by atoms with E-state index in [1.165, 1.54) is 26.3 Å². The Bertz CT molecular complexity index is 615. The average molecular weight is 322 g/mol. The first-order valence-electron chi connectivity index (χ1n) is 5.72. The van der Waals surface area contributed by atoms with Crippen molar-refractivity contribution in [3.8, 4) is 5.75 Å². The summed E-state index contributed by atoms with van der Waals surface area (Å²) in [5.41, 5.74) is 0.480. The minimum atomic E-state index is -3.78. The number of hydrogen-bond donors (Lipinski definition) is 1. The van der Waals surface area contributed by atoms with E-state index < -0.39 is 16.0 Å². The zero-order valence-corrected chi connectivity index (χ0v) is 13.0. The lowest BCUT2D eigenvalue weighted by atomic mass is 10.2. The Balaban J connectivity index is 3.15. The molecule has 1 aromatic rings. The predicted molar refractivity (Wildman–Crippen MR) is 74.8 cm³/mol. The topological polar surface area (TPSA) is 83.9 Å². The number of aryl methyl sites for hydroxylation is 1. The molecule has 0 radical (unpaired) electrons. The minimum Gasteiger partial charge on any atom is -0.495 e. The zero-order valence-electron chi connectivity index (χ0n) is 11.4. The summed E-state index contributed by atoms with van der Waals surface area (Å²) in [6.45, 7) is 1.51. The van der Waals surface area contributed by atoms with Crippen LogP contribution >= 0.6 is 11.6 Å². The summed E-state index contributed by atoms with van der Waals surface area (Å²) in [4.78, 5) is 10.6. The molecule has 0 aliphatic heterocycles. The highest BCUT2D eigenvalue weighted by Gasteiger charge is 2.24. The van der Waals surface area contributed by atoms with E-state index in [0.29, 0.717) is 11.3 Å². The monoisotopic (exact) mass is 321 g/mol. The Labute approximate surface area is 123 Å². The Kier molecular flexibility index (Phi) is 5.38. The van der Waals surface area contributed by atoms with Crippen molar-refractivity contribution >= 4 is 27.6 Å². The molecule has 0 saturated heterocycles. The van der Waals surface area contributed by atoms with Crippen molar-refractivity contribution in [2.45, 2.75) is 18.2 Å². The van der Waals surface area contributed by atoms with Crippen LogP contribution in [0.1, 0.15) is 12.0 Å². The third kappa shape index (κ3) is 3.62. The molecule has 0 bridgehead atoms. The van der Waals surface area contributed by atoms with E-state index in [4.69, 9.17) is 21.4 Å². The van der Waals surface area contributed by atoms with Gasteiger partial charge in [0, 0.05) is 13.6 Å². The molecule has 0 aromatic heterocycles. The van der Waals surface area contributed by atoms with Crippen LogP contribution in [-0.2, 0) is 14.8 Å². The normalized spacial score (nSPS) is 11.7. The van der Waals surface area contributed by atoms with Crippen LogP contribution in [0.3, 0.4) is 0 Å². The largest absolute Gasteiger partial charge is 0.495 e. The number of rotatable bonds is 6. The van der Waals surface area contributed by atoms with Crippen LogP contribution in [0.5, 0.6) is 5.75 Å². The summed E-state index contributed by atoms with van der Waals surface area (Å²) in [7, 11) is -1.02. The van der Waals surface area contributed by atoms with Gasteiger partial charge in [-0.15, -0.1) is 0 Å². The number of benzene rings is 1. The SMILES string of the molecule is COc1cc(C)c(S(=O)(=O)N(C)CCC(=O)O)cc1Cl. The van der Waals surface area contributed by atoms with Gasteiger partial charge in [0.05, 0.1) is 23.4 Å². The second-order valence-electron chi connectivity index (χ2n) is 4.22. The van der Waals surface area contributed by atoms with Gasteiger partial charge in [0.25, 0.3) is 0 Å². The first-order chi connectivity index (χ1) is 9.20. The van der Waals surface area contributed by atoms with Crippen LogP contribution in [0.2, 0.25) is 5.02 Å². The molecule has 0 fully saturated rings. The second kappa shape index (κ2) is 6.43. The summed E-state index contributed by atoms with van der Waals surface area (Å²) >= 11 is 5.94. The molecule has 0 spiro atoms. The van der Waals surface area contributed by atoms with E-state index in [2.05, 4.69) is 0 Å². The van der Waals surface area contributed by atoms with Crippen molar-refractivity contribution in [2.75, 3.05) is 20.7 Å². The lowest BCUT2D eigenvalue weighted by Crippen LogP contribution is -2.29. The highest BCUT2D eigenvalue weighted by atomic mass is 35.5. The molecule has 6 nitrogen and oxygen atoms in total. The molecule has 0 atom stereocenters. The van der Waals surface area contributed by atoms with Crippen molar-refractivity contribution in [3.05, 3.63) is 22.7 Å². The van der Waals surface area contributed by atoms with Gasteiger partial charge in [-0.3, -0.25) is 4.79 Å². The van der Waals surface area contributed by atoms with Gasteiger partial charge in [-0.1, -0.05) is 11.6 Å². The van der Waals surface area contributed by atoms with Crippen LogP contribution < -0.4 is 4.74 Å². The Morgan fingerprint density at radius 3 is 2.55 bits per heavy atom. The number of halogens is 1. The molecule has 1 rings (SSSR count). The molecular weight excluding hydrogens is 306 g/mol. The standard InChI is InChI=1S/C12H16ClNO5S/c1-8-6-10(19-3)9(13)7-11(8)20(17,18)14(2)5-4-12(15)16/h6-7H,4-5H2,1-3H3,(H,15,16). The Morgan fingerprint density at radius 1 is 1.45 bits per heavy atom. The molecule has 0 amide bonds. The second-order valence-corrected chi connectivity index (χ2v) is 6.64. The maximum Gasteiger partial charge on any atom is 0.304 e. The number of carbonyl (C=O) groups is 1. The van der Waals surface area contributed by atoms with E-state index in [1.54, 1.807) is 6.92 Å². The fraction of sp³-hybridized carbons (Fsp3) is 0.417. The zero-order chi connectivity index (χ0) is 15.5. The van der Waals surface area contributed by atoms with Crippen molar-refractivity contribution < 1.29 is 23.1 Å². The van der Waals surface area contributed by atoms with Crippen LogP contribution in [0, 0.1) is 6.92 Å². The van der Waals surface area contributed by atoms with Gasteiger partial charge >= 0.3 is 5.97 Å². The highest BCUT2D eigenvalue weighted by molar-refractivity contribution is 7.89. The minimum absolute atomic E-state index is 0.0381. The van der Waals surface area contributed by atoms with Crippen molar-refractivity contribution in [1.82, 2.24) is 4.31 Å². The molecule has 8 heteroatoms.